The molecule has 0 aromatic rings. The molecule has 13 nitrogen and oxygen atoms in total. The van der Waals surface area contributed by atoms with Crippen molar-refractivity contribution >= 4 is 29.8 Å². The van der Waals surface area contributed by atoms with E-state index in [-0.39, 0.29) is 6.42 Å². The van der Waals surface area contributed by atoms with Crippen LogP contribution in [0.5, 0.6) is 0 Å². The van der Waals surface area contributed by atoms with E-state index in [0.717, 1.165) is 34.6 Å². The standard InChI is InChI=1S/C28H38O13/c1-13-11-18(37-14(2)29)22(39-16(4)31)25(6)10-9-19(38-15(3)30)26(7,34)21(25)23(40-17(5)32)28(36)20(12-13)41-24(33)27(28,8)35/h9-10,12,18-23,34-36H,11H2,1-8H3/b13-12-/t18-,19-,20+,21-,22+,23?,25+,26-,27-,28+/m1/s1. The van der Waals surface area contributed by atoms with Crippen molar-refractivity contribution in [1.82, 2.24) is 0 Å². The minimum atomic E-state index is -2.73. The first kappa shape index (κ1) is 32.2. The van der Waals surface area contributed by atoms with Gasteiger partial charge in [0.1, 0.15) is 30.0 Å². The fourth-order valence-corrected chi connectivity index (χ4v) is 6.44. The van der Waals surface area contributed by atoms with Gasteiger partial charge in [-0.15, -0.1) is 0 Å². The predicted molar refractivity (Wildman–Crippen MR) is 137 cm³/mol. The molecule has 0 bridgehead atoms. The molecule has 1 saturated heterocycles. The van der Waals surface area contributed by atoms with Gasteiger partial charge < -0.3 is 39.0 Å². The van der Waals surface area contributed by atoms with Gasteiger partial charge in [-0.1, -0.05) is 18.6 Å². The Morgan fingerprint density at radius 1 is 0.854 bits per heavy atom. The van der Waals surface area contributed by atoms with Crippen LogP contribution >= 0.6 is 0 Å². The molecule has 10 atom stereocenters. The van der Waals surface area contributed by atoms with Crippen LogP contribution < -0.4 is 0 Å². The second-order valence-corrected chi connectivity index (χ2v) is 11.6. The largest absolute Gasteiger partial charge is 0.459 e. The summed E-state index contributed by atoms with van der Waals surface area (Å²) in [6, 6.07) is 0. The summed E-state index contributed by atoms with van der Waals surface area (Å²) >= 11 is 0. The van der Waals surface area contributed by atoms with Gasteiger partial charge in [-0.25, -0.2) is 4.79 Å². The van der Waals surface area contributed by atoms with Crippen LogP contribution in [0.2, 0.25) is 0 Å². The first-order valence-electron chi connectivity index (χ1n) is 13.1. The fraction of sp³-hybridized carbons (Fsp3) is 0.679. The smallest absolute Gasteiger partial charge is 0.341 e. The van der Waals surface area contributed by atoms with E-state index in [4.69, 9.17) is 23.7 Å². The van der Waals surface area contributed by atoms with E-state index >= 15 is 0 Å². The van der Waals surface area contributed by atoms with Crippen molar-refractivity contribution in [2.45, 2.75) is 109 Å². The number of hydrogen-bond acceptors (Lipinski definition) is 13. The van der Waals surface area contributed by atoms with Crippen LogP contribution in [0.1, 0.15) is 61.8 Å². The number of hydrogen-bond donors (Lipinski definition) is 3. The van der Waals surface area contributed by atoms with Gasteiger partial charge in [-0.2, -0.15) is 0 Å². The van der Waals surface area contributed by atoms with E-state index in [1.54, 1.807) is 6.92 Å². The number of carbonyl (C=O) groups is 5. The summed E-state index contributed by atoms with van der Waals surface area (Å²) < 4.78 is 27.8. The lowest BCUT2D eigenvalue weighted by Crippen LogP contribution is -2.73. The van der Waals surface area contributed by atoms with Crippen LogP contribution in [0.3, 0.4) is 0 Å². The van der Waals surface area contributed by atoms with Crippen molar-refractivity contribution in [2.75, 3.05) is 0 Å². The Morgan fingerprint density at radius 2 is 1.37 bits per heavy atom. The van der Waals surface area contributed by atoms with E-state index in [0.29, 0.717) is 5.57 Å². The third kappa shape index (κ3) is 5.50. The van der Waals surface area contributed by atoms with Crippen LogP contribution in [0, 0.1) is 11.3 Å². The highest BCUT2D eigenvalue weighted by Gasteiger charge is 2.75. The summed E-state index contributed by atoms with van der Waals surface area (Å²) in [5, 5.41) is 35.9. The minimum Gasteiger partial charge on any atom is -0.459 e. The Balaban J connectivity index is 2.50. The number of esters is 5. The molecule has 0 aromatic carbocycles. The molecule has 0 spiro atoms. The van der Waals surface area contributed by atoms with E-state index < -0.39 is 88.5 Å². The molecular formula is C28H38O13. The molecule has 0 saturated carbocycles. The lowest BCUT2D eigenvalue weighted by Gasteiger charge is -2.57. The van der Waals surface area contributed by atoms with Gasteiger partial charge >= 0.3 is 29.8 Å². The maximum Gasteiger partial charge on any atom is 0.341 e. The molecule has 2 aliphatic carbocycles. The zero-order valence-corrected chi connectivity index (χ0v) is 24.3. The first-order valence-corrected chi connectivity index (χ1v) is 13.1. The number of carbonyl (C=O) groups excluding carboxylic acids is 5. The molecule has 41 heavy (non-hydrogen) atoms. The topological polar surface area (TPSA) is 192 Å². The summed E-state index contributed by atoms with van der Waals surface area (Å²) in [5.41, 5.74) is -8.92. The highest BCUT2D eigenvalue weighted by Crippen LogP contribution is 2.56. The first-order chi connectivity index (χ1) is 18.7. The summed E-state index contributed by atoms with van der Waals surface area (Å²) in [4.78, 5) is 62.2. The van der Waals surface area contributed by atoms with E-state index in [1.165, 1.54) is 32.1 Å². The molecule has 3 aliphatic rings. The summed E-state index contributed by atoms with van der Waals surface area (Å²) in [6.07, 6.45) is -3.56. The maximum atomic E-state index is 12.9. The average molecular weight is 583 g/mol. The monoisotopic (exact) mass is 582 g/mol. The Morgan fingerprint density at radius 3 is 1.88 bits per heavy atom. The fourth-order valence-electron chi connectivity index (χ4n) is 6.44. The van der Waals surface area contributed by atoms with Gasteiger partial charge in [0.15, 0.2) is 17.3 Å². The second kappa shape index (κ2) is 10.8. The molecule has 1 aliphatic heterocycles. The van der Waals surface area contributed by atoms with Gasteiger partial charge in [0.25, 0.3) is 0 Å². The predicted octanol–water partition coefficient (Wildman–Crippen LogP) is 0.414. The van der Waals surface area contributed by atoms with E-state index in [1.807, 2.05) is 0 Å². The Hall–Kier alpha value is -3.29. The van der Waals surface area contributed by atoms with Crippen molar-refractivity contribution < 1.29 is 63.0 Å². The number of ether oxygens (including phenoxy) is 5. The van der Waals surface area contributed by atoms with Crippen molar-refractivity contribution in [3.63, 3.8) is 0 Å². The molecule has 1 unspecified atom stereocenters. The van der Waals surface area contributed by atoms with Crippen LogP contribution in [-0.2, 0) is 47.7 Å². The lowest BCUT2D eigenvalue weighted by molar-refractivity contribution is -0.263. The van der Waals surface area contributed by atoms with Crippen molar-refractivity contribution in [3.8, 4) is 0 Å². The van der Waals surface area contributed by atoms with Crippen LogP contribution in [0.4, 0.5) is 0 Å². The summed E-state index contributed by atoms with van der Waals surface area (Å²) in [5.74, 6) is -6.08. The normalized spacial score (nSPS) is 43.3. The summed E-state index contributed by atoms with van der Waals surface area (Å²) in [6.45, 7) is 9.71. The zero-order chi connectivity index (χ0) is 31.3. The third-order valence-electron chi connectivity index (χ3n) is 8.19. The Labute approximate surface area is 237 Å². The second-order valence-electron chi connectivity index (χ2n) is 11.6. The SMILES string of the molecule is CC(=O)OC1[C@H]2[C@](C)(O)[C@H](OC(C)=O)C=C[C@]2(C)[C@@H](OC(C)=O)[C@H](OC(C)=O)C/C(C)=C\[C@@H]2OC(=O)[C@@](C)(O)[C@@]12O. The van der Waals surface area contributed by atoms with Crippen molar-refractivity contribution in [3.05, 3.63) is 23.8 Å². The molecule has 228 valence electrons. The van der Waals surface area contributed by atoms with E-state index in [2.05, 4.69) is 0 Å². The summed E-state index contributed by atoms with van der Waals surface area (Å²) in [7, 11) is 0. The van der Waals surface area contributed by atoms with Crippen molar-refractivity contribution in [1.29, 1.82) is 0 Å². The molecule has 0 amide bonds. The molecule has 0 radical (unpaired) electrons. The molecule has 1 heterocycles. The van der Waals surface area contributed by atoms with Gasteiger partial charge in [0.05, 0.1) is 0 Å². The van der Waals surface area contributed by atoms with Gasteiger partial charge in [-0.3, -0.25) is 19.2 Å². The number of aliphatic hydroxyl groups is 3. The maximum absolute atomic E-state index is 12.9. The molecule has 1 fully saturated rings. The van der Waals surface area contributed by atoms with E-state index in [9.17, 15) is 39.3 Å². The lowest BCUT2D eigenvalue weighted by atomic mass is 9.54. The van der Waals surface area contributed by atoms with Gasteiger partial charge in [0, 0.05) is 45.4 Å². The molecule has 3 rings (SSSR count). The Kier molecular flexibility index (Phi) is 8.52. The quantitative estimate of drug-likeness (QED) is 0.235. The number of rotatable bonds is 4. The third-order valence-corrected chi connectivity index (χ3v) is 8.19. The van der Waals surface area contributed by atoms with Gasteiger partial charge in [0.2, 0.25) is 0 Å². The number of fused-ring (bicyclic) bond motifs is 2. The van der Waals surface area contributed by atoms with Crippen molar-refractivity contribution in [2.24, 2.45) is 11.3 Å². The van der Waals surface area contributed by atoms with Crippen LogP contribution in [0.25, 0.3) is 0 Å². The molecule has 13 heteroatoms. The Bertz CT molecular complexity index is 1180. The average Bonchev–Trinajstić information content (AvgIpc) is 2.96. The van der Waals surface area contributed by atoms with Crippen LogP contribution in [0.15, 0.2) is 23.8 Å². The van der Waals surface area contributed by atoms with Gasteiger partial charge in [-0.05, 0) is 32.9 Å². The van der Waals surface area contributed by atoms with Crippen LogP contribution in [-0.4, -0.2) is 92.5 Å². The highest BCUT2D eigenvalue weighted by molar-refractivity contribution is 5.84. The highest BCUT2D eigenvalue weighted by atomic mass is 16.6. The molecule has 0 aromatic heterocycles. The zero-order valence-electron chi connectivity index (χ0n) is 24.3. The molecular weight excluding hydrogens is 544 g/mol. The minimum absolute atomic E-state index is 0.0896. The molecule has 3 N–H and O–H groups in total.